The summed E-state index contributed by atoms with van der Waals surface area (Å²) in [6, 6.07) is 2.97. The van der Waals surface area contributed by atoms with Gasteiger partial charge < -0.3 is 5.73 Å². The lowest BCUT2D eigenvalue weighted by atomic mass is 10.2. The highest BCUT2D eigenvalue weighted by Crippen LogP contribution is 2.26. The van der Waals surface area contributed by atoms with Crippen molar-refractivity contribution >= 4 is 39.1 Å². The predicted octanol–water partition coefficient (Wildman–Crippen LogP) is 2.51. The first-order chi connectivity index (χ1) is 8.77. The van der Waals surface area contributed by atoms with Crippen molar-refractivity contribution < 1.29 is 8.42 Å². The largest absolute Gasteiger partial charge is 0.397 e. The van der Waals surface area contributed by atoms with E-state index in [1.165, 1.54) is 6.07 Å². The van der Waals surface area contributed by atoms with Gasteiger partial charge in [-0.05, 0) is 42.5 Å². The number of nitrogens with one attached hydrogen (secondary N) is 1. The lowest BCUT2D eigenvalue weighted by Gasteiger charge is -2.14. The van der Waals surface area contributed by atoms with E-state index in [1.807, 2.05) is 13.2 Å². The molecule has 19 heavy (non-hydrogen) atoms. The Morgan fingerprint density at radius 3 is 2.68 bits per heavy atom. The van der Waals surface area contributed by atoms with Crippen LogP contribution in [0.15, 0.2) is 17.0 Å². The van der Waals surface area contributed by atoms with Crippen LogP contribution in [0.5, 0.6) is 0 Å². The van der Waals surface area contributed by atoms with E-state index in [0.717, 1.165) is 5.75 Å². The van der Waals surface area contributed by atoms with E-state index in [4.69, 9.17) is 17.3 Å². The fraction of sp³-hybridized carbons (Fsp3) is 0.500. The van der Waals surface area contributed by atoms with E-state index in [9.17, 15) is 8.42 Å². The Morgan fingerprint density at radius 1 is 1.47 bits per heavy atom. The Bertz CT molecular complexity index is 547. The van der Waals surface area contributed by atoms with E-state index in [1.54, 1.807) is 24.8 Å². The second kappa shape index (κ2) is 6.83. The van der Waals surface area contributed by atoms with Crippen molar-refractivity contribution in [3.63, 3.8) is 0 Å². The molecule has 0 bridgehead atoms. The molecule has 0 amide bonds. The third-order valence-corrected chi connectivity index (χ3v) is 5.45. The number of rotatable bonds is 6. The fourth-order valence-electron chi connectivity index (χ4n) is 1.63. The molecule has 0 aliphatic heterocycles. The summed E-state index contributed by atoms with van der Waals surface area (Å²) in [5.41, 5.74) is 6.52. The van der Waals surface area contributed by atoms with Crippen LogP contribution in [-0.4, -0.2) is 27.0 Å². The summed E-state index contributed by atoms with van der Waals surface area (Å²) in [5.74, 6) is 1.18. The molecule has 1 atom stereocenters. The summed E-state index contributed by atoms with van der Waals surface area (Å²) in [6.07, 6.45) is 2.00. The molecule has 0 saturated heterocycles. The maximum atomic E-state index is 12.2. The summed E-state index contributed by atoms with van der Waals surface area (Å²) in [5, 5.41) is 0.368. The number of nitrogen functional groups attached to an aromatic ring is 1. The van der Waals surface area contributed by atoms with Gasteiger partial charge in [0.25, 0.3) is 0 Å². The van der Waals surface area contributed by atoms with E-state index in [0.29, 0.717) is 17.1 Å². The zero-order valence-corrected chi connectivity index (χ0v) is 13.6. The van der Waals surface area contributed by atoms with Gasteiger partial charge in [0, 0.05) is 6.54 Å². The van der Waals surface area contributed by atoms with Gasteiger partial charge in [-0.25, -0.2) is 13.1 Å². The lowest BCUT2D eigenvalue weighted by molar-refractivity contribution is 0.562. The van der Waals surface area contributed by atoms with Crippen molar-refractivity contribution in [2.24, 2.45) is 5.92 Å². The molecular formula is C12H19ClN2O2S2. The maximum Gasteiger partial charge on any atom is 0.240 e. The lowest BCUT2D eigenvalue weighted by Crippen LogP contribution is -2.29. The molecule has 0 heterocycles. The molecular weight excluding hydrogens is 304 g/mol. The number of benzene rings is 1. The molecule has 0 aliphatic rings. The fourth-order valence-corrected chi connectivity index (χ4v) is 3.96. The summed E-state index contributed by atoms with van der Waals surface area (Å²) in [6.45, 7) is 4.11. The smallest absolute Gasteiger partial charge is 0.240 e. The van der Waals surface area contributed by atoms with Gasteiger partial charge in [0.15, 0.2) is 0 Å². The summed E-state index contributed by atoms with van der Waals surface area (Å²) in [7, 11) is -3.54. The van der Waals surface area contributed by atoms with Crippen LogP contribution in [0, 0.1) is 12.8 Å². The highest BCUT2D eigenvalue weighted by molar-refractivity contribution is 7.98. The van der Waals surface area contributed by atoms with Crippen LogP contribution in [0.4, 0.5) is 5.69 Å². The SMILES string of the molecule is CSCC(C)CNS(=O)(=O)c1cc(N)c(Cl)cc1C. The third-order valence-electron chi connectivity index (χ3n) is 2.66. The molecule has 7 heteroatoms. The Kier molecular flexibility index (Phi) is 5.98. The number of aryl methyl sites for hydroxylation is 1. The highest BCUT2D eigenvalue weighted by atomic mass is 35.5. The second-order valence-corrected chi connectivity index (χ2v) is 7.60. The van der Waals surface area contributed by atoms with Gasteiger partial charge in [0.05, 0.1) is 15.6 Å². The molecule has 0 saturated carbocycles. The quantitative estimate of drug-likeness (QED) is 0.789. The summed E-state index contributed by atoms with van der Waals surface area (Å²) < 4.78 is 27.0. The van der Waals surface area contributed by atoms with Crippen LogP contribution >= 0.6 is 23.4 Å². The predicted molar refractivity (Wildman–Crippen MR) is 83.3 cm³/mol. The number of halogens is 1. The van der Waals surface area contributed by atoms with Gasteiger partial charge in [-0.15, -0.1) is 0 Å². The average molecular weight is 323 g/mol. The van der Waals surface area contributed by atoms with Crippen molar-refractivity contribution in [3.05, 3.63) is 22.7 Å². The normalized spacial score (nSPS) is 13.5. The standard InChI is InChI=1S/C12H19ClN2O2S2/c1-8(7-18-3)6-15-19(16,17)12-5-11(14)10(13)4-9(12)2/h4-5,8,15H,6-7,14H2,1-3H3. The molecule has 1 aromatic carbocycles. The molecule has 0 spiro atoms. The minimum atomic E-state index is -3.54. The Morgan fingerprint density at radius 2 is 2.11 bits per heavy atom. The highest BCUT2D eigenvalue weighted by Gasteiger charge is 2.19. The first-order valence-corrected chi connectivity index (χ1v) is 9.07. The molecule has 4 nitrogen and oxygen atoms in total. The monoisotopic (exact) mass is 322 g/mol. The first kappa shape index (κ1) is 16.6. The zero-order chi connectivity index (χ0) is 14.6. The molecule has 1 aromatic rings. The molecule has 1 unspecified atom stereocenters. The van der Waals surface area contributed by atoms with Crippen LogP contribution in [-0.2, 0) is 10.0 Å². The van der Waals surface area contributed by atoms with E-state index in [-0.39, 0.29) is 16.5 Å². The van der Waals surface area contributed by atoms with Gasteiger partial charge >= 0.3 is 0 Å². The van der Waals surface area contributed by atoms with Crippen LogP contribution in [0.2, 0.25) is 5.02 Å². The Hall–Kier alpha value is -0.430. The molecule has 0 aliphatic carbocycles. The van der Waals surface area contributed by atoms with Crippen LogP contribution in [0.1, 0.15) is 12.5 Å². The molecule has 1 rings (SSSR count). The number of hydrogen-bond acceptors (Lipinski definition) is 4. The van der Waals surface area contributed by atoms with Gasteiger partial charge in [-0.3, -0.25) is 0 Å². The van der Waals surface area contributed by atoms with Crippen molar-refractivity contribution in [1.82, 2.24) is 4.72 Å². The number of thioether (sulfide) groups is 1. The molecule has 3 N–H and O–H groups in total. The van der Waals surface area contributed by atoms with Gasteiger partial charge in [0.2, 0.25) is 10.0 Å². The number of anilines is 1. The molecule has 0 fully saturated rings. The van der Waals surface area contributed by atoms with E-state index >= 15 is 0 Å². The van der Waals surface area contributed by atoms with Crippen LogP contribution in [0.25, 0.3) is 0 Å². The van der Waals surface area contributed by atoms with E-state index in [2.05, 4.69) is 4.72 Å². The molecule has 108 valence electrons. The van der Waals surface area contributed by atoms with Crippen molar-refractivity contribution in [1.29, 1.82) is 0 Å². The third kappa shape index (κ3) is 4.56. The number of nitrogens with two attached hydrogens (primary N) is 1. The van der Waals surface area contributed by atoms with Gasteiger partial charge in [-0.1, -0.05) is 18.5 Å². The van der Waals surface area contributed by atoms with Crippen LogP contribution < -0.4 is 10.5 Å². The summed E-state index contributed by atoms with van der Waals surface area (Å²) in [4.78, 5) is 0.186. The first-order valence-electron chi connectivity index (χ1n) is 5.82. The zero-order valence-electron chi connectivity index (χ0n) is 11.2. The number of hydrogen-bond donors (Lipinski definition) is 2. The van der Waals surface area contributed by atoms with Crippen molar-refractivity contribution in [2.75, 3.05) is 24.3 Å². The van der Waals surface area contributed by atoms with Crippen molar-refractivity contribution in [3.8, 4) is 0 Å². The summed E-state index contributed by atoms with van der Waals surface area (Å²) >= 11 is 7.55. The minimum Gasteiger partial charge on any atom is -0.397 e. The average Bonchev–Trinajstić information content (AvgIpc) is 2.31. The van der Waals surface area contributed by atoms with Gasteiger partial charge in [0.1, 0.15) is 0 Å². The van der Waals surface area contributed by atoms with Crippen molar-refractivity contribution in [2.45, 2.75) is 18.7 Å². The minimum absolute atomic E-state index is 0.186. The van der Waals surface area contributed by atoms with Gasteiger partial charge in [-0.2, -0.15) is 11.8 Å². The van der Waals surface area contributed by atoms with E-state index < -0.39 is 10.0 Å². The second-order valence-electron chi connectivity index (χ2n) is 4.55. The topological polar surface area (TPSA) is 72.2 Å². The molecule has 0 radical (unpaired) electrons. The molecule has 0 aromatic heterocycles. The Labute approximate surface area is 124 Å². The van der Waals surface area contributed by atoms with Crippen LogP contribution in [0.3, 0.4) is 0 Å². The maximum absolute atomic E-state index is 12.2. The number of sulfonamides is 1. The Balaban J connectivity index is 2.92.